The predicted octanol–water partition coefficient (Wildman–Crippen LogP) is 8.31. The molecule has 0 spiro atoms. The van der Waals surface area contributed by atoms with Gasteiger partial charge in [0.2, 0.25) is 11.8 Å². The molecule has 2 atom stereocenters. The van der Waals surface area contributed by atoms with Crippen molar-refractivity contribution in [2.24, 2.45) is 22.7 Å². The van der Waals surface area contributed by atoms with E-state index in [1.54, 1.807) is 0 Å². The van der Waals surface area contributed by atoms with E-state index in [1.165, 1.54) is 22.3 Å². The van der Waals surface area contributed by atoms with Crippen LogP contribution in [0.1, 0.15) is 90.5 Å². The smallest absolute Gasteiger partial charge is 0.228 e. The average molecular weight is 537 g/mol. The second-order valence-electron chi connectivity index (χ2n) is 14.5. The van der Waals surface area contributed by atoms with Crippen molar-refractivity contribution in [3.8, 4) is 0 Å². The summed E-state index contributed by atoms with van der Waals surface area (Å²) in [6, 6.07) is 25.5. The summed E-state index contributed by atoms with van der Waals surface area (Å²) in [5, 5.41) is 6.16. The molecule has 210 valence electrons. The van der Waals surface area contributed by atoms with Gasteiger partial charge in [0.05, 0.1) is 0 Å². The first kappa shape index (κ1) is 28.1. The highest BCUT2D eigenvalue weighted by molar-refractivity contribution is 5.95. The van der Waals surface area contributed by atoms with Gasteiger partial charge in [0.25, 0.3) is 0 Å². The van der Waals surface area contributed by atoms with Gasteiger partial charge < -0.3 is 10.6 Å². The highest BCUT2D eigenvalue weighted by atomic mass is 16.2. The van der Waals surface area contributed by atoms with E-state index in [1.807, 2.05) is 24.3 Å². The second kappa shape index (κ2) is 9.61. The normalized spacial score (nSPS) is 20.9. The van der Waals surface area contributed by atoms with Gasteiger partial charge in [-0.25, -0.2) is 0 Å². The van der Waals surface area contributed by atoms with E-state index in [0.29, 0.717) is 0 Å². The van der Waals surface area contributed by atoms with Gasteiger partial charge in [-0.2, -0.15) is 0 Å². The molecule has 4 heteroatoms. The Hall–Kier alpha value is -3.40. The van der Waals surface area contributed by atoms with E-state index >= 15 is 0 Å². The van der Waals surface area contributed by atoms with Gasteiger partial charge >= 0.3 is 0 Å². The summed E-state index contributed by atoms with van der Waals surface area (Å²) >= 11 is 0. The molecule has 2 aliphatic rings. The van der Waals surface area contributed by atoms with E-state index in [2.05, 4.69) is 115 Å². The highest BCUT2D eigenvalue weighted by Gasteiger charge is 2.51. The summed E-state index contributed by atoms with van der Waals surface area (Å²) in [4.78, 5) is 25.0. The Morgan fingerprint density at radius 3 is 1.00 bits per heavy atom. The number of carbonyl (C=O) groups is 2. The van der Waals surface area contributed by atoms with Crippen molar-refractivity contribution in [2.75, 3.05) is 10.6 Å². The third kappa shape index (κ3) is 5.46. The monoisotopic (exact) mass is 536 g/mol. The Bertz CT molecular complexity index is 1300. The molecule has 3 aromatic carbocycles. The third-order valence-electron chi connectivity index (χ3n) is 9.74. The highest BCUT2D eigenvalue weighted by Crippen LogP contribution is 2.52. The average Bonchev–Trinajstić information content (AvgIpc) is 3.77. The van der Waals surface area contributed by atoms with E-state index in [9.17, 15) is 9.59 Å². The van der Waals surface area contributed by atoms with Crippen LogP contribution >= 0.6 is 0 Å². The van der Waals surface area contributed by atoms with Crippen LogP contribution in [0.15, 0.2) is 72.8 Å². The van der Waals surface area contributed by atoms with Crippen LogP contribution in [0.2, 0.25) is 0 Å². The zero-order valence-corrected chi connectivity index (χ0v) is 25.3. The van der Waals surface area contributed by atoms with Gasteiger partial charge in [-0.15, -0.1) is 0 Å². The Morgan fingerprint density at radius 1 is 0.550 bits per heavy atom. The Kier molecular flexibility index (Phi) is 6.76. The van der Waals surface area contributed by atoms with Gasteiger partial charge in [0, 0.05) is 34.0 Å². The number of amides is 2. The minimum atomic E-state index is -0.181. The molecule has 3 aromatic rings. The number of carbonyl (C=O) groups excluding carboxylic acids is 2. The van der Waals surface area contributed by atoms with Crippen molar-refractivity contribution >= 4 is 23.2 Å². The molecule has 2 aliphatic carbocycles. The molecule has 0 radical (unpaired) electrons. The first-order valence-electron chi connectivity index (χ1n) is 14.6. The third-order valence-corrected chi connectivity index (χ3v) is 9.74. The van der Waals surface area contributed by atoms with Gasteiger partial charge in [0.15, 0.2) is 0 Å². The lowest BCUT2D eigenvalue weighted by molar-refractivity contribution is -0.118. The number of nitrogens with one attached hydrogen (secondary N) is 2. The molecule has 0 bridgehead atoms. The first-order valence-corrected chi connectivity index (χ1v) is 14.6. The zero-order chi connectivity index (χ0) is 29.1. The van der Waals surface area contributed by atoms with Crippen molar-refractivity contribution in [1.82, 2.24) is 0 Å². The molecule has 40 heavy (non-hydrogen) atoms. The van der Waals surface area contributed by atoms with Gasteiger partial charge in [-0.3, -0.25) is 9.59 Å². The lowest BCUT2D eigenvalue weighted by Crippen LogP contribution is -2.22. The summed E-state index contributed by atoms with van der Waals surface area (Å²) in [7, 11) is 0. The van der Waals surface area contributed by atoms with Crippen LogP contribution in [0.3, 0.4) is 0 Å². The number of hydrogen-bond donors (Lipinski definition) is 2. The molecule has 0 aromatic heterocycles. The minimum absolute atomic E-state index is 0.116. The fraction of sp³-hybridized carbons (Fsp3) is 0.444. The Labute approximate surface area is 240 Å². The predicted molar refractivity (Wildman–Crippen MR) is 165 cm³/mol. The molecular weight excluding hydrogens is 492 g/mol. The summed E-state index contributed by atoms with van der Waals surface area (Å²) in [5.74, 6) is 0.476. The molecular formula is C36H44N2O2. The molecule has 2 N–H and O–H groups in total. The lowest BCUT2D eigenvalue weighted by atomic mass is 9.74. The number of anilines is 2. The van der Waals surface area contributed by atoms with Crippen molar-refractivity contribution in [2.45, 2.75) is 79.1 Å². The summed E-state index contributed by atoms with van der Waals surface area (Å²) in [5.41, 5.74) is 6.49. The Balaban J connectivity index is 1.25. The van der Waals surface area contributed by atoms with Crippen molar-refractivity contribution in [1.29, 1.82) is 0 Å². The maximum absolute atomic E-state index is 12.5. The maximum Gasteiger partial charge on any atom is 0.228 e. The topological polar surface area (TPSA) is 58.2 Å². The largest absolute Gasteiger partial charge is 0.326 e. The van der Waals surface area contributed by atoms with Crippen molar-refractivity contribution in [3.63, 3.8) is 0 Å². The molecule has 2 saturated carbocycles. The van der Waals surface area contributed by atoms with Crippen LogP contribution in [0.25, 0.3) is 0 Å². The number of hydrogen-bond acceptors (Lipinski definition) is 2. The summed E-state index contributed by atoms with van der Waals surface area (Å²) < 4.78 is 0. The first-order chi connectivity index (χ1) is 18.6. The minimum Gasteiger partial charge on any atom is -0.326 e. The van der Waals surface area contributed by atoms with Gasteiger partial charge in [0.1, 0.15) is 0 Å². The van der Waals surface area contributed by atoms with Crippen molar-refractivity contribution in [3.05, 3.63) is 95.1 Å². The van der Waals surface area contributed by atoms with E-state index in [4.69, 9.17) is 0 Å². The molecule has 0 saturated heterocycles. The van der Waals surface area contributed by atoms with E-state index in [-0.39, 0.29) is 45.3 Å². The molecule has 0 heterocycles. The fourth-order valence-electron chi connectivity index (χ4n) is 5.87. The summed E-state index contributed by atoms with van der Waals surface area (Å²) in [6.07, 6.45) is 1.92. The summed E-state index contributed by atoms with van der Waals surface area (Å²) in [6.45, 7) is 17.5. The van der Waals surface area contributed by atoms with E-state index in [0.717, 1.165) is 24.2 Å². The van der Waals surface area contributed by atoms with E-state index < -0.39 is 0 Å². The fourth-order valence-corrected chi connectivity index (χ4v) is 5.87. The van der Waals surface area contributed by atoms with Crippen LogP contribution < -0.4 is 10.6 Å². The van der Waals surface area contributed by atoms with Crippen LogP contribution in [-0.4, -0.2) is 11.8 Å². The molecule has 2 amide bonds. The van der Waals surface area contributed by atoms with Crippen LogP contribution in [-0.2, 0) is 20.4 Å². The number of benzene rings is 3. The van der Waals surface area contributed by atoms with Crippen molar-refractivity contribution < 1.29 is 9.59 Å². The maximum atomic E-state index is 12.5. The molecule has 4 nitrogen and oxygen atoms in total. The number of rotatable bonds is 8. The zero-order valence-electron chi connectivity index (χ0n) is 25.3. The quantitative estimate of drug-likeness (QED) is 0.304. The van der Waals surface area contributed by atoms with Gasteiger partial charge in [-0.05, 0) is 70.2 Å². The second-order valence-corrected chi connectivity index (χ2v) is 14.5. The molecule has 5 rings (SSSR count). The molecule has 2 fully saturated rings. The van der Waals surface area contributed by atoms with Gasteiger partial charge in [-0.1, -0.05) is 104 Å². The van der Waals surface area contributed by atoms with Crippen LogP contribution in [0.5, 0.6) is 0 Å². The Morgan fingerprint density at radius 2 is 0.775 bits per heavy atom. The standard InChI is InChI=1S/C36H44N2O2/c1-33(2)21-29(33)31(39)37-27-17-13-25(14-18-27)35(5,6)23-9-11-24(12-10-23)36(7,8)26-15-19-28(20-16-26)38-32(40)30-22-34(30,3)4/h9-20,29-30H,21-22H2,1-8H3,(H,37,39)(H,38,40). The lowest BCUT2D eigenvalue weighted by Gasteiger charge is -2.30. The molecule has 0 aliphatic heterocycles. The van der Waals surface area contributed by atoms with Crippen LogP contribution in [0.4, 0.5) is 11.4 Å². The molecule has 2 unspecified atom stereocenters. The SMILES string of the molecule is CC(C)(c1ccc(NC(=O)C2CC2(C)C)cc1)c1ccc(C(C)(C)c2ccc(NC(=O)C3CC3(C)C)cc2)cc1. The van der Waals surface area contributed by atoms with Crippen LogP contribution in [0, 0.1) is 22.7 Å².